The third-order valence-corrected chi connectivity index (χ3v) is 6.24. The van der Waals surface area contributed by atoms with Crippen molar-refractivity contribution in [2.75, 3.05) is 37.6 Å². The molecule has 166 valence electrons. The SMILES string of the molecule is Cl.O=c1[nH]c(-c2ccc(F)cc2)c(CCN2CCN(c3cc(Cl)c(Cl)cc3Cl)CC2)o1. The first-order chi connectivity index (χ1) is 14.4. The molecule has 10 heteroatoms. The van der Waals surface area contributed by atoms with E-state index in [-0.39, 0.29) is 18.2 Å². The smallest absolute Gasteiger partial charge is 0.412 e. The highest BCUT2D eigenvalue weighted by atomic mass is 35.5. The number of benzene rings is 2. The van der Waals surface area contributed by atoms with Crippen LogP contribution in [0.25, 0.3) is 11.3 Å². The summed E-state index contributed by atoms with van der Waals surface area (Å²) in [5.41, 5.74) is 2.19. The largest absolute Gasteiger partial charge is 0.416 e. The minimum absolute atomic E-state index is 0. The Labute approximate surface area is 200 Å². The summed E-state index contributed by atoms with van der Waals surface area (Å²) in [4.78, 5) is 18.9. The molecule has 0 atom stereocenters. The topological polar surface area (TPSA) is 52.5 Å². The standard InChI is InChI=1S/C21H19Cl3FN3O2.ClH/c22-15-11-17(24)18(12-16(15)23)28-9-7-27(8-10-28)6-5-19-20(26-21(29)30-19)13-1-3-14(25)4-2-13;/h1-4,11-12H,5-10H2,(H,26,29);1H. The molecule has 0 aliphatic carbocycles. The average molecular weight is 507 g/mol. The summed E-state index contributed by atoms with van der Waals surface area (Å²) in [6.45, 7) is 3.98. The number of halogens is 5. The number of hydrogen-bond acceptors (Lipinski definition) is 4. The van der Waals surface area contributed by atoms with Gasteiger partial charge < -0.3 is 9.32 Å². The number of rotatable bonds is 5. The molecule has 0 radical (unpaired) electrons. The summed E-state index contributed by atoms with van der Waals surface area (Å²) >= 11 is 18.5. The molecule has 0 amide bonds. The maximum Gasteiger partial charge on any atom is 0.416 e. The highest BCUT2D eigenvalue weighted by molar-refractivity contribution is 6.44. The van der Waals surface area contributed by atoms with Gasteiger partial charge in [-0.1, -0.05) is 34.8 Å². The van der Waals surface area contributed by atoms with Crippen LogP contribution in [-0.4, -0.2) is 42.6 Å². The van der Waals surface area contributed by atoms with E-state index in [0.717, 1.165) is 44.0 Å². The van der Waals surface area contributed by atoms with Crippen LogP contribution in [0.15, 0.2) is 45.6 Å². The zero-order chi connectivity index (χ0) is 21.3. The number of piperazine rings is 1. The lowest BCUT2D eigenvalue weighted by Crippen LogP contribution is -2.47. The van der Waals surface area contributed by atoms with E-state index in [2.05, 4.69) is 14.8 Å². The number of nitrogens with one attached hydrogen (secondary N) is 1. The van der Waals surface area contributed by atoms with Gasteiger partial charge in [0.15, 0.2) is 0 Å². The van der Waals surface area contributed by atoms with E-state index >= 15 is 0 Å². The lowest BCUT2D eigenvalue weighted by molar-refractivity contribution is 0.254. The van der Waals surface area contributed by atoms with Gasteiger partial charge in [0.25, 0.3) is 0 Å². The van der Waals surface area contributed by atoms with Gasteiger partial charge in [-0.25, -0.2) is 9.18 Å². The van der Waals surface area contributed by atoms with E-state index in [1.165, 1.54) is 12.1 Å². The summed E-state index contributed by atoms with van der Waals surface area (Å²) in [5.74, 6) is -0.268. The van der Waals surface area contributed by atoms with Crippen LogP contribution < -0.4 is 10.7 Å². The molecule has 1 saturated heterocycles. The first kappa shape index (κ1) is 24.0. The fraction of sp³-hybridized carbons (Fsp3) is 0.286. The van der Waals surface area contributed by atoms with Crippen molar-refractivity contribution in [1.82, 2.24) is 9.88 Å². The molecule has 0 bridgehead atoms. The van der Waals surface area contributed by atoms with Crippen molar-refractivity contribution in [1.29, 1.82) is 0 Å². The van der Waals surface area contributed by atoms with E-state index < -0.39 is 5.76 Å². The number of hydrogen-bond donors (Lipinski definition) is 1. The van der Waals surface area contributed by atoms with Crippen molar-refractivity contribution < 1.29 is 8.81 Å². The predicted molar refractivity (Wildman–Crippen MR) is 126 cm³/mol. The Balaban J connectivity index is 0.00000272. The van der Waals surface area contributed by atoms with E-state index in [4.69, 9.17) is 39.2 Å². The van der Waals surface area contributed by atoms with Gasteiger partial charge in [-0.3, -0.25) is 9.88 Å². The predicted octanol–water partition coefficient (Wildman–Crippen LogP) is 5.52. The maximum absolute atomic E-state index is 13.2. The zero-order valence-electron chi connectivity index (χ0n) is 16.3. The molecule has 1 fully saturated rings. The van der Waals surface area contributed by atoms with Crippen molar-refractivity contribution in [2.24, 2.45) is 0 Å². The van der Waals surface area contributed by atoms with Crippen LogP contribution in [0, 0.1) is 5.82 Å². The molecule has 4 rings (SSSR count). The number of aromatic amines is 1. The Kier molecular flexibility index (Phi) is 7.94. The lowest BCUT2D eigenvalue weighted by atomic mass is 10.1. The highest BCUT2D eigenvalue weighted by Crippen LogP contribution is 2.35. The van der Waals surface area contributed by atoms with Gasteiger partial charge in [-0.15, -0.1) is 12.4 Å². The Morgan fingerprint density at radius 2 is 1.61 bits per heavy atom. The lowest BCUT2D eigenvalue weighted by Gasteiger charge is -2.36. The van der Waals surface area contributed by atoms with Crippen LogP contribution in [0.4, 0.5) is 10.1 Å². The summed E-state index contributed by atoms with van der Waals surface area (Å²) in [5, 5.41) is 1.50. The first-order valence-electron chi connectivity index (χ1n) is 9.50. The molecule has 3 aromatic rings. The molecule has 5 nitrogen and oxygen atoms in total. The number of oxazole rings is 1. The maximum atomic E-state index is 13.2. The number of nitrogens with zero attached hydrogens (tertiary/aromatic N) is 2. The van der Waals surface area contributed by atoms with Gasteiger partial charge in [0, 0.05) is 44.7 Å². The minimum Gasteiger partial charge on any atom is -0.412 e. The van der Waals surface area contributed by atoms with Gasteiger partial charge in [0.05, 0.1) is 26.4 Å². The Morgan fingerprint density at radius 3 is 2.29 bits per heavy atom. The van der Waals surface area contributed by atoms with E-state index in [9.17, 15) is 9.18 Å². The fourth-order valence-corrected chi connectivity index (χ4v) is 4.27. The molecule has 1 aromatic heterocycles. The Bertz CT molecular complexity index is 1090. The number of aromatic nitrogens is 1. The normalized spacial score (nSPS) is 14.5. The van der Waals surface area contributed by atoms with Crippen LogP contribution in [0.3, 0.4) is 0 Å². The summed E-state index contributed by atoms with van der Waals surface area (Å²) < 4.78 is 18.5. The molecule has 31 heavy (non-hydrogen) atoms. The molecule has 2 aromatic carbocycles. The van der Waals surface area contributed by atoms with Gasteiger partial charge in [0.1, 0.15) is 11.6 Å². The molecule has 1 aliphatic rings. The van der Waals surface area contributed by atoms with Crippen LogP contribution in [0.2, 0.25) is 15.1 Å². The molecule has 0 saturated carbocycles. The quantitative estimate of drug-likeness (QED) is 0.463. The van der Waals surface area contributed by atoms with Gasteiger partial charge in [0.2, 0.25) is 0 Å². The van der Waals surface area contributed by atoms with Crippen LogP contribution in [0.5, 0.6) is 0 Å². The van der Waals surface area contributed by atoms with E-state index in [1.54, 1.807) is 24.3 Å². The molecule has 0 spiro atoms. The molecular formula is C21H20Cl4FN3O2. The van der Waals surface area contributed by atoms with Gasteiger partial charge in [-0.05, 0) is 36.4 Å². The summed E-state index contributed by atoms with van der Waals surface area (Å²) in [6.07, 6.45) is 0.568. The third kappa shape index (κ3) is 5.57. The van der Waals surface area contributed by atoms with Crippen LogP contribution >= 0.6 is 47.2 Å². The first-order valence-corrected chi connectivity index (χ1v) is 10.6. The summed E-state index contributed by atoms with van der Waals surface area (Å²) in [7, 11) is 0. The van der Waals surface area contributed by atoms with Crippen LogP contribution in [-0.2, 0) is 6.42 Å². The Hall–Kier alpha value is -1.70. The van der Waals surface area contributed by atoms with Crippen LogP contribution in [0.1, 0.15) is 5.76 Å². The highest BCUT2D eigenvalue weighted by Gasteiger charge is 2.21. The van der Waals surface area contributed by atoms with Gasteiger partial charge in [-0.2, -0.15) is 0 Å². The number of anilines is 1. The monoisotopic (exact) mass is 505 g/mol. The molecule has 1 aliphatic heterocycles. The fourth-order valence-electron chi connectivity index (χ4n) is 3.61. The second-order valence-corrected chi connectivity index (χ2v) is 8.34. The Morgan fingerprint density at radius 1 is 0.968 bits per heavy atom. The van der Waals surface area contributed by atoms with Gasteiger partial charge >= 0.3 is 5.76 Å². The van der Waals surface area contributed by atoms with Crippen molar-refractivity contribution in [3.63, 3.8) is 0 Å². The summed E-state index contributed by atoms with van der Waals surface area (Å²) in [6, 6.07) is 9.43. The molecular weight excluding hydrogens is 487 g/mol. The second kappa shape index (κ2) is 10.3. The van der Waals surface area contributed by atoms with Crippen molar-refractivity contribution in [2.45, 2.75) is 6.42 Å². The minimum atomic E-state index is -0.511. The zero-order valence-corrected chi connectivity index (χ0v) is 19.4. The second-order valence-electron chi connectivity index (χ2n) is 7.12. The number of H-pyrrole nitrogens is 1. The van der Waals surface area contributed by atoms with Crippen molar-refractivity contribution in [3.05, 3.63) is 73.6 Å². The third-order valence-electron chi connectivity index (χ3n) is 5.21. The van der Waals surface area contributed by atoms with E-state index in [1.807, 2.05) is 0 Å². The molecule has 2 heterocycles. The van der Waals surface area contributed by atoms with E-state index in [0.29, 0.717) is 32.9 Å². The molecule has 1 N–H and O–H groups in total. The van der Waals surface area contributed by atoms with Crippen molar-refractivity contribution in [3.8, 4) is 11.3 Å². The average Bonchev–Trinajstić information content (AvgIpc) is 3.11. The molecule has 0 unspecified atom stereocenters. The van der Waals surface area contributed by atoms with Crippen molar-refractivity contribution >= 4 is 52.9 Å².